The van der Waals surface area contributed by atoms with Gasteiger partial charge in [0.15, 0.2) is 0 Å². The summed E-state index contributed by atoms with van der Waals surface area (Å²) in [7, 11) is 0. The molecule has 2 heterocycles. The molecule has 0 spiro atoms. The Labute approximate surface area is 167 Å². The lowest BCUT2D eigenvalue weighted by atomic mass is 10.2. The minimum Gasteiger partial charge on any atom is -0.321 e. The topological polar surface area (TPSA) is 58.1 Å². The highest BCUT2D eigenvalue weighted by Gasteiger charge is 2.23. The van der Waals surface area contributed by atoms with Crippen molar-refractivity contribution >= 4 is 46.4 Å². The fraction of sp³-hybridized carbons (Fsp3) is 0.150. The maximum atomic E-state index is 12.7. The molecule has 7 heteroatoms. The van der Waals surface area contributed by atoms with Crippen LogP contribution in [0.15, 0.2) is 48.5 Å². The minimum absolute atomic E-state index is 0.290. The van der Waals surface area contributed by atoms with Crippen molar-refractivity contribution < 1.29 is 4.79 Å². The number of hydrogen-bond donors (Lipinski definition) is 1. The zero-order chi connectivity index (χ0) is 19.0. The Morgan fingerprint density at radius 1 is 1.07 bits per heavy atom. The number of nitrogens with one attached hydrogen (secondary N) is 1. The SMILES string of the molecule is Cc1cc(C(=O)Nc2cc(Cl)cc(Cl)c2)nc(N2CCc3ccccc32)n1. The molecule has 5 nitrogen and oxygen atoms in total. The summed E-state index contributed by atoms with van der Waals surface area (Å²) in [4.78, 5) is 23.7. The van der Waals surface area contributed by atoms with Gasteiger partial charge in [-0.15, -0.1) is 0 Å². The first-order chi connectivity index (χ1) is 13.0. The van der Waals surface area contributed by atoms with Crippen molar-refractivity contribution in [2.45, 2.75) is 13.3 Å². The molecule has 0 saturated carbocycles. The Hall–Kier alpha value is -2.63. The van der Waals surface area contributed by atoms with Crippen molar-refractivity contribution in [3.05, 3.63) is 75.5 Å². The van der Waals surface area contributed by atoms with Gasteiger partial charge in [-0.2, -0.15) is 0 Å². The summed E-state index contributed by atoms with van der Waals surface area (Å²) in [5, 5.41) is 3.69. The first-order valence-corrected chi connectivity index (χ1v) is 9.24. The van der Waals surface area contributed by atoms with Crippen molar-refractivity contribution in [2.75, 3.05) is 16.8 Å². The number of amides is 1. The fourth-order valence-electron chi connectivity index (χ4n) is 3.16. The van der Waals surface area contributed by atoms with E-state index in [1.165, 1.54) is 5.56 Å². The second-order valence-corrected chi connectivity index (χ2v) is 7.21. The summed E-state index contributed by atoms with van der Waals surface area (Å²) in [6.07, 6.45) is 0.927. The summed E-state index contributed by atoms with van der Waals surface area (Å²) >= 11 is 12.0. The van der Waals surface area contributed by atoms with Crippen LogP contribution < -0.4 is 10.2 Å². The molecule has 1 amide bonds. The lowest BCUT2D eigenvalue weighted by Crippen LogP contribution is -2.20. The normalized spacial score (nSPS) is 12.8. The number of rotatable bonds is 3. The molecule has 0 radical (unpaired) electrons. The first-order valence-electron chi connectivity index (χ1n) is 8.48. The average Bonchev–Trinajstić information content (AvgIpc) is 3.04. The van der Waals surface area contributed by atoms with Gasteiger partial charge in [0.2, 0.25) is 5.95 Å². The van der Waals surface area contributed by atoms with Crippen molar-refractivity contribution in [1.29, 1.82) is 0 Å². The second kappa shape index (κ2) is 7.18. The number of para-hydroxylation sites is 1. The molecule has 0 atom stereocenters. The molecular formula is C20H16Cl2N4O. The van der Waals surface area contributed by atoms with Crippen molar-refractivity contribution in [2.24, 2.45) is 0 Å². The Kier molecular flexibility index (Phi) is 4.72. The van der Waals surface area contributed by atoms with Crippen LogP contribution >= 0.6 is 23.2 Å². The third kappa shape index (κ3) is 3.75. The molecule has 0 aliphatic carbocycles. The van der Waals surface area contributed by atoms with Gasteiger partial charge in [0, 0.05) is 33.7 Å². The monoisotopic (exact) mass is 398 g/mol. The number of halogens is 2. The van der Waals surface area contributed by atoms with E-state index in [1.807, 2.05) is 30.0 Å². The van der Waals surface area contributed by atoms with Crippen LogP contribution in [-0.4, -0.2) is 22.4 Å². The van der Waals surface area contributed by atoms with Crippen LogP contribution in [0.1, 0.15) is 21.7 Å². The highest BCUT2D eigenvalue weighted by atomic mass is 35.5. The second-order valence-electron chi connectivity index (χ2n) is 6.34. The molecule has 2 aromatic carbocycles. The van der Waals surface area contributed by atoms with Crippen molar-refractivity contribution in [1.82, 2.24) is 9.97 Å². The van der Waals surface area contributed by atoms with Crippen molar-refractivity contribution in [3.63, 3.8) is 0 Å². The molecule has 4 rings (SSSR count). The minimum atomic E-state index is -0.340. The van der Waals surface area contributed by atoms with Crippen LogP contribution in [0.5, 0.6) is 0 Å². The van der Waals surface area contributed by atoms with Crippen LogP contribution in [0.4, 0.5) is 17.3 Å². The zero-order valence-electron chi connectivity index (χ0n) is 14.5. The molecule has 3 aromatic rings. The number of carbonyl (C=O) groups excluding carboxylic acids is 1. The van der Waals surface area contributed by atoms with E-state index in [4.69, 9.17) is 23.2 Å². The van der Waals surface area contributed by atoms with E-state index in [-0.39, 0.29) is 11.6 Å². The zero-order valence-corrected chi connectivity index (χ0v) is 16.1. The quantitative estimate of drug-likeness (QED) is 0.671. The van der Waals surface area contributed by atoms with Crippen molar-refractivity contribution in [3.8, 4) is 0 Å². The predicted molar refractivity (Wildman–Crippen MR) is 108 cm³/mol. The van der Waals surface area contributed by atoms with Gasteiger partial charge in [-0.1, -0.05) is 41.4 Å². The first kappa shape index (κ1) is 17.8. The maximum absolute atomic E-state index is 12.7. The lowest BCUT2D eigenvalue weighted by molar-refractivity contribution is 0.102. The van der Waals surface area contributed by atoms with Gasteiger partial charge >= 0.3 is 0 Å². The van der Waals surface area contributed by atoms with E-state index in [2.05, 4.69) is 21.4 Å². The average molecular weight is 399 g/mol. The molecule has 1 aliphatic rings. The van der Waals surface area contributed by atoms with Crippen LogP contribution in [0.2, 0.25) is 10.0 Å². The van der Waals surface area contributed by atoms with E-state index in [1.54, 1.807) is 24.3 Å². The summed E-state index contributed by atoms with van der Waals surface area (Å²) < 4.78 is 0. The van der Waals surface area contributed by atoms with Gasteiger partial charge in [0.05, 0.1) is 0 Å². The van der Waals surface area contributed by atoms with E-state index in [0.29, 0.717) is 21.7 Å². The third-order valence-electron chi connectivity index (χ3n) is 4.32. The lowest BCUT2D eigenvalue weighted by Gasteiger charge is -2.18. The molecule has 1 aromatic heterocycles. The van der Waals surface area contributed by atoms with Crippen LogP contribution in [0.25, 0.3) is 0 Å². The molecule has 0 saturated heterocycles. The predicted octanol–water partition coefficient (Wildman–Crippen LogP) is 5.04. The number of aromatic nitrogens is 2. The third-order valence-corrected chi connectivity index (χ3v) is 4.76. The number of fused-ring (bicyclic) bond motifs is 1. The summed E-state index contributed by atoms with van der Waals surface area (Å²) in [6.45, 7) is 2.63. The molecule has 1 N–H and O–H groups in total. The number of aryl methyl sites for hydroxylation is 1. The number of carbonyl (C=O) groups is 1. The number of anilines is 3. The Bertz CT molecular complexity index is 1020. The van der Waals surface area contributed by atoms with Crippen LogP contribution in [-0.2, 0) is 6.42 Å². The van der Waals surface area contributed by atoms with E-state index < -0.39 is 0 Å². The fourth-order valence-corrected chi connectivity index (χ4v) is 3.68. The summed E-state index contributed by atoms with van der Waals surface area (Å²) in [6, 6.07) is 14.7. The van der Waals surface area contributed by atoms with Gasteiger partial charge < -0.3 is 10.2 Å². The number of hydrogen-bond acceptors (Lipinski definition) is 4. The van der Waals surface area contributed by atoms with Gasteiger partial charge in [0.25, 0.3) is 5.91 Å². The molecule has 0 fully saturated rings. The standard InChI is InChI=1S/C20H16Cl2N4O/c1-12-8-17(19(27)24-16-10-14(21)9-15(22)11-16)25-20(23-12)26-7-6-13-4-2-3-5-18(13)26/h2-5,8-11H,6-7H2,1H3,(H,24,27). The molecular weight excluding hydrogens is 383 g/mol. The summed E-state index contributed by atoms with van der Waals surface area (Å²) in [5.41, 5.74) is 3.86. The molecule has 0 unspecified atom stereocenters. The highest BCUT2D eigenvalue weighted by Crippen LogP contribution is 2.32. The smallest absolute Gasteiger partial charge is 0.274 e. The van der Waals surface area contributed by atoms with E-state index in [0.717, 1.165) is 24.3 Å². The maximum Gasteiger partial charge on any atom is 0.274 e. The van der Waals surface area contributed by atoms with Gasteiger partial charge in [-0.3, -0.25) is 4.79 Å². The Balaban J connectivity index is 1.64. The highest BCUT2D eigenvalue weighted by molar-refractivity contribution is 6.35. The summed E-state index contributed by atoms with van der Waals surface area (Å²) in [5.74, 6) is 0.182. The van der Waals surface area contributed by atoms with Gasteiger partial charge in [0.1, 0.15) is 5.69 Å². The Morgan fingerprint density at radius 3 is 2.59 bits per heavy atom. The largest absolute Gasteiger partial charge is 0.321 e. The number of benzene rings is 2. The molecule has 136 valence electrons. The van der Waals surface area contributed by atoms with Gasteiger partial charge in [-0.05, 0) is 49.2 Å². The molecule has 0 bridgehead atoms. The van der Waals surface area contributed by atoms with Gasteiger partial charge in [-0.25, -0.2) is 9.97 Å². The Morgan fingerprint density at radius 2 is 1.81 bits per heavy atom. The van der Waals surface area contributed by atoms with E-state index >= 15 is 0 Å². The van der Waals surface area contributed by atoms with E-state index in [9.17, 15) is 4.79 Å². The van der Waals surface area contributed by atoms with Crippen LogP contribution in [0.3, 0.4) is 0 Å². The van der Waals surface area contributed by atoms with Crippen LogP contribution in [0, 0.1) is 6.92 Å². The molecule has 27 heavy (non-hydrogen) atoms. The molecule has 1 aliphatic heterocycles. The number of nitrogens with zero attached hydrogens (tertiary/aromatic N) is 3.